The lowest BCUT2D eigenvalue weighted by molar-refractivity contribution is -0.197. The Balaban J connectivity index is 0.000000215. The minimum atomic E-state index is -0.935. The number of methoxy groups -OCH3 is 3. The Morgan fingerprint density at radius 2 is 1.08 bits per heavy atom. The number of benzene rings is 2. The molecule has 2 fully saturated rings. The predicted molar refractivity (Wildman–Crippen MR) is 342 cm³/mol. The van der Waals surface area contributed by atoms with Crippen LogP contribution in [0.15, 0.2) is 95.4 Å². The molecule has 2 aromatic carbocycles. The fraction of sp³-hybridized carbons (Fsp3) is 0.493. The number of carbonyl (C=O) groups is 6. The first-order valence-corrected chi connectivity index (χ1v) is 33.0. The molecule has 4 unspecified atom stereocenters. The van der Waals surface area contributed by atoms with Gasteiger partial charge in [0.25, 0.3) is 11.8 Å². The molecular weight excluding hydrogens is 1210 g/mol. The van der Waals surface area contributed by atoms with E-state index >= 15 is 0 Å². The normalized spacial score (nSPS) is 21.1. The number of rotatable bonds is 26. The molecule has 1 N–H and O–H groups in total. The number of nitrogens with zero attached hydrogens (tertiary/aromatic N) is 4. The number of carboxylic acids is 1. The second-order valence-electron chi connectivity index (χ2n) is 22.4. The lowest BCUT2D eigenvalue weighted by Gasteiger charge is -2.42. The van der Waals surface area contributed by atoms with Gasteiger partial charge in [-0.05, 0) is 158 Å². The number of hydrogen-bond donors (Lipinski definition) is 1. The predicted octanol–water partition coefficient (Wildman–Crippen LogP) is 12.3. The van der Waals surface area contributed by atoms with E-state index in [1.165, 1.54) is 43.3 Å². The molecule has 91 heavy (non-hydrogen) atoms. The molecule has 0 spiro atoms. The highest BCUT2D eigenvalue weighted by molar-refractivity contribution is 7.08. The fourth-order valence-electron chi connectivity index (χ4n) is 11.8. The highest BCUT2D eigenvalue weighted by Crippen LogP contribution is 2.46. The van der Waals surface area contributed by atoms with Crippen LogP contribution in [0.5, 0.6) is 23.0 Å². The van der Waals surface area contributed by atoms with Gasteiger partial charge in [0.2, 0.25) is 0 Å². The molecule has 0 saturated carbocycles. The molecule has 22 nitrogen and oxygen atoms in total. The first-order chi connectivity index (χ1) is 44.3. The molecule has 8 heterocycles. The number of fused-ring (bicyclic) bond motifs is 4. The second-order valence-corrected chi connectivity index (χ2v) is 23.9. The number of ether oxygens (including phenoxy) is 11. The molecule has 6 atom stereocenters. The maximum Gasteiger partial charge on any atom is 0.416 e. The maximum absolute atomic E-state index is 14.4. The van der Waals surface area contributed by atoms with Gasteiger partial charge in [-0.25, -0.2) is 19.4 Å². The van der Waals surface area contributed by atoms with Crippen LogP contribution in [0.3, 0.4) is 0 Å². The van der Waals surface area contributed by atoms with E-state index in [0.717, 1.165) is 54.4 Å². The zero-order chi connectivity index (χ0) is 64.2. The number of carbonyl (C=O) groups excluding carboxylic acids is 5. The van der Waals surface area contributed by atoms with Crippen LogP contribution in [0, 0.1) is 0 Å². The summed E-state index contributed by atoms with van der Waals surface area (Å²) >= 11 is 3.20. The molecule has 4 amide bonds. The molecule has 2 saturated heterocycles. The number of carboxylic acid groups (broad SMARTS) is 1. The quantitative estimate of drug-likeness (QED) is 0.0266. The summed E-state index contributed by atoms with van der Waals surface area (Å²) in [5.74, 6) is -0.200. The Morgan fingerprint density at radius 3 is 1.46 bits per heavy atom. The highest BCUT2D eigenvalue weighted by atomic mass is 32.1. The van der Waals surface area contributed by atoms with Gasteiger partial charge in [0.15, 0.2) is 48.0 Å². The van der Waals surface area contributed by atoms with Crippen molar-refractivity contribution in [2.45, 2.75) is 140 Å². The topological polar surface area (TPSA) is 237 Å². The lowest BCUT2D eigenvalue weighted by Crippen LogP contribution is -2.57. The van der Waals surface area contributed by atoms with Gasteiger partial charge >= 0.3 is 24.1 Å². The summed E-state index contributed by atoms with van der Waals surface area (Å²) in [6.07, 6.45) is 13.1. The smallest absolute Gasteiger partial charge is 0.416 e. The Bertz CT molecular complexity index is 3210. The summed E-state index contributed by atoms with van der Waals surface area (Å²) < 4.78 is 64.7. The molecule has 6 aliphatic heterocycles. The largest absolute Gasteiger partial charge is 0.493 e. The lowest BCUT2D eigenvalue weighted by atomic mass is 9.94. The van der Waals surface area contributed by atoms with Crippen molar-refractivity contribution in [1.82, 2.24) is 9.80 Å². The molecule has 0 bridgehead atoms. The number of hydrogen-bond acceptors (Lipinski definition) is 19. The van der Waals surface area contributed by atoms with Crippen molar-refractivity contribution in [3.63, 3.8) is 0 Å². The third-order valence-corrected chi connectivity index (χ3v) is 17.8. The van der Waals surface area contributed by atoms with Gasteiger partial charge in [0.1, 0.15) is 13.2 Å². The number of amides is 4. The SMILES string of the molecule is C=CCOC(=O)N1c2cc(OCCCCCC(=O)O)c(OC)cc2C(=O)N2CC=C(c3ccsc3)C[C@H]2C1OC1CCCCO1.C=CCOC(=O)N1c2cc(OCCCCCC(=O)OC)c(OC)cc2C(=O)N2CC=C(c3ccsc3)C[C@H]2C1OC1CCCCO1. The van der Waals surface area contributed by atoms with Crippen molar-refractivity contribution in [2.75, 3.05) is 83.9 Å². The number of unbranched alkanes of at least 4 members (excludes halogenated alkanes) is 4. The van der Waals surface area contributed by atoms with Crippen molar-refractivity contribution >= 4 is 81.1 Å². The molecule has 0 radical (unpaired) electrons. The van der Waals surface area contributed by atoms with Gasteiger partial charge in [-0.2, -0.15) is 22.7 Å². The van der Waals surface area contributed by atoms with Crippen LogP contribution in [0.4, 0.5) is 21.0 Å². The van der Waals surface area contributed by atoms with Crippen molar-refractivity contribution in [3.8, 4) is 23.0 Å². The molecular formula is C67H82N4O18S2. The zero-order valence-corrected chi connectivity index (χ0v) is 53.6. The van der Waals surface area contributed by atoms with Gasteiger partial charge in [-0.1, -0.05) is 37.5 Å². The van der Waals surface area contributed by atoms with Crippen molar-refractivity contribution in [2.24, 2.45) is 0 Å². The average molecular weight is 1300 g/mol. The van der Waals surface area contributed by atoms with Gasteiger partial charge in [0.05, 0.1) is 69.1 Å². The van der Waals surface area contributed by atoms with E-state index in [0.29, 0.717) is 132 Å². The first-order valence-electron chi connectivity index (χ1n) is 31.1. The number of esters is 1. The highest BCUT2D eigenvalue weighted by Gasteiger charge is 2.49. The minimum Gasteiger partial charge on any atom is -0.493 e. The summed E-state index contributed by atoms with van der Waals surface area (Å²) in [6, 6.07) is 9.52. The van der Waals surface area contributed by atoms with E-state index in [1.54, 1.807) is 56.7 Å². The van der Waals surface area contributed by atoms with Crippen molar-refractivity contribution in [3.05, 3.63) is 118 Å². The van der Waals surface area contributed by atoms with E-state index in [4.69, 9.17) is 57.2 Å². The molecule has 6 aliphatic rings. The number of aliphatic carboxylic acids is 1. The molecule has 490 valence electrons. The standard InChI is InChI=1S/C34H42N2O9S.C33H40N2O9S/c1-4-15-44-34(39)36-26-21-29(42-16-8-5-6-10-30(37)41-3)28(40-2)20-25(26)32(38)35-14-12-23(24-13-18-46-22-24)19-27(35)33(36)45-31-11-7-9-17-43-31;1-3-14-43-33(39)35-25-20-28(41-15-7-4-5-9-29(36)37)27(40-2)19-24(25)31(38)34-13-11-22(23-12-17-45-21-23)18-26(34)32(35)44-30-10-6-8-16-42-30/h4,12-13,18,20-22,27,31,33H,1,5-11,14-17,19H2,2-3H3;3,11-12,17,19-21,26,30,32H,1,4-10,13-16,18H2,2H3,(H,36,37)/t27-,31?,33?;26-,30?,32?/m00/s1. The Labute approximate surface area is 538 Å². The van der Waals surface area contributed by atoms with Crippen LogP contribution in [-0.4, -0.2) is 162 Å². The molecule has 10 rings (SSSR count). The van der Waals surface area contributed by atoms with Gasteiger partial charge in [-0.15, -0.1) is 0 Å². The molecule has 24 heteroatoms. The first kappa shape index (κ1) is 67.6. The summed E-state index contributed by atoms with van der Waals surface area (Å²) in [7, 11) is 4.37. The van der Waals surface area contributed by atoms with E-state index in [9.17, 15) is 28.8 Å². The third-order valence-electron chi connectivity index (χ3n) is 16.4. The number of anilines is 2. The summed E-state index contributed by atoms with van der Waals surface area (Å²) in [6.45, 7) is 9.72. The summed E-state index contributed by atoms with van der Waals surface area (Å²) in [5, 5.41) is 17.1. The van der Waals surface area contributed by atoms with E-state index in [2.05, 4.69) is 42.1 Å². The molecule has 0 aliphatic carbocycles. The fourth-order valence-corrected chi connectivity index (χ4v) is 13.2. The van der Waals surface area contributed by atoms with Crippen molar-refractivity contribution in [1.29, 1.82) is 0 Å². The molecule has 2 aromatic heterocycles. The minimum absolute atomic E-state index is 0.0230. The third kappa shape index (κ3) is 17.1. The van der Waals surface area contributed by atoms with Gasteiger partial charge < -0.3 is 67.0 Å². The summed E-state index contributed by atoms with van der Waals surface area (Å²) in [5.41, 5.74) is 5.40. The Hall–Kier alpha value is -7.74. The van der Waals surface area contributed by atoms with Crippen molar-refractivity contribution < 1.29 is 86.0 Å². The second kappa shape index (κ2) is 33.5. The van der Waals surface area contributed by atoms with Gasteiger partial charge in [0, 0.05) is 51.3 Å². The monoisotopic (exact) mass is 1290 g/mol. The molecule has 4 aromatic rings. The van der Waals surface area contributed by atoms with Crippen LogP contribution in [0.25, 0.3) is 11.1 Å². The van der Waals surface area contributed by atoms with Gasteiger partial charge in [-0.3, -0.25) is 19.2 Å². The van der Waals surface area contributed by atoms with E-state index < -0.39 is 55.3 Å². The van der Waals surface area contributed by atoms with Crippen LogP contribution in [-0.2, 0) is 42.7 Å². The maximum atomic E-state index is 14.4. The summed E-state index contributed by atoms with van der Waals surface area (Å²) in [4.78, 5) is 85.2. The average Bonchev–Trinajstić information content (AvgIpc) is 1.66. The Kier molecular flexibility index (Phi) is 24.9. The van der Waals surface area contributed by atoms with Crippen LogP contribution >= 0.6 is 22.7 Å². The number of thiophene rings is 2. The van der Waals surface area contributed by atoms with Crippen LogP contribution in [0.1, 0.15) is 135 Å². The zero-order valence-electron chi connectivity index (χ0n) is 51.9. The van der Waals surface area contributed by atoms with Crippen LogP contribution in [0.2, 0.25) is 0 Å². The van der Waals surface area contributed by atoms with E-state index in [1.807, 2.05) is 16.8 Å². The van der Waals surface area contributed by atoms with Crippen LogP contribution < -0.4 is 28.7 Å². The Morgan fingerprint density at radius 1 is 0.615 bits per heavy atom. The van der Waals surface area contributed by atoms with E-state index in [-0.39, 0.29) is 54.2 Å².